The molecule has 0 aromatic heterocycles. The lowest BCUT2D eigenvalue weighted by atomic mass is 10.2. The molecule has 0 saturated heterocycles. The first-order chi connectivity index (χ1) is 10.6. The van der Waals surface area contributed by atoms with Crippen LogP contribution in [-0.2, 0) is 4.79 Å². The lowest BCUT2D eigenvalue weighted by Crippen LogP contribution is -2.25. The number of hydrazone groups is 1. The summed E-state index contributed by atoms with van der Waals surface area (Å²) in [6.07, 6.45) is 1.35. The molecule has 0 bridgehead atoms. The summed E-state index contributed by atoms with van der Waals surface area (Å²) < 4.78 is 0. The SMILES string of the molecule is O=C(CNc1ccccc1)NN=Cc1cccc([N+](=O)[O-])c1. The standard InChI is InChI=1S/C15H14N4O3/c20-15(11-16-13-6-2-1-3-7-13)18-17-10-12-5-4-8-14(9-12)19(21)22/h1-10,16H,11H2,(H,18,20). The number of benzene rings is 2. The Bertz CT molecular complexity index is 686. The average molecular weight is 298 g/mol. The molecule has 0 saturated carbocycles. The monoisotopic (exact) mass is 298 g/mol. The fourth-order valence-corrected chi connectivity index (χ4v) is 1.68. The molecule has 0 aliphatic carbocycles. The summed E-state index contributed by atoms with van der Waals surface area (Å²) in [6, 6.07) is 15.3. The highest BCUT2D eigenvalue weighted by molar-refractivity contribution is 5.84. The van der Waals surface area contributed by atoms with Crippen LogP contribution in [0.1, 0.15) is 5.56 Å². The zero-order valence-corrected chi connectivity index (χ0v) is 11.6. The first-order valence-corrected chi connectivity index (χ1v) is 6.50. The Kier molecular flexibility index (Phi) is 5.20. The van der Waals surface area contributed by atoms with E-state index in [1.807, 2.05) is 30.3 Å². The Morgan fingerprint density at radius 1 is 1.18 bits per heavy atom. The largest absolute Gasteiger partial charge is 0.376 e. The second kappa shape index (κ2) is 7.53. The average Bonchev–Trinajstić information content (AvgIpc) is 2.54. The second-order valence-corrected chi connectivity index (χ2v) is 4.36. The maximum atomic E-state index is 11.6. The van der Waals surface area contributed by atoms with Crippen LogP contribution in [0.4, 0.5) is 11.4 Å². The third-order valence-electron chi connectivity index (χ3n) is 2.71. The van der Waals surface area contributed by atoms with Gasteiger partial charge in [-0.25, -0.2) is 5.43 Å². The minimum atomic E-state index is -0.486. The van der Waals surface area contributed by atoms with Gasteiger partial charge in [0.05, 0.1) is 17.7 Å². The van der Waals surface area contributed by atoms with Crippen molar-refractivity contribution in [2.75, 3.05) is 11.9 Å². The Balaban J connectivity index is 1.83. The molecule has 2 N–H and O–H groups in total. The first kappa shape index (κ1) is 15.2. The number of non-ortho nitro benzene ring substituents is 1. The van der Waals surface area contributed by atoms with Gasteiger partial charge in [-0.2, -0.15) is 5.10 Å². The van der Waals surface area contributed by atoms with Crippen molar-refractivity contribution in [2.24, 2.45) is 5.10 Å². The molecular weight excluding hydrogens is 284 g/mol. The number of carbonyl (C=O) groups is 1. The number of hydrogen-bond acceptors (Lipinski definition) is 5. The maximum Gasteiger partial charge on any atom is 0.270 e. The molecule has 0 heterocycles. The van der Waals surface area contributed by atoms with Gasteiger partial charge in [-0.3, -0.25) is 14.9 Å². The molecule has 0 atom stereocenters. The van der Waals surface area contributed by atoms with Gasteiger partial charge in [0.1, 0.15) is 0 Å². The van der Waals surface area contributed by atoms with E-state index in [-0.39, 0.29) is 18.1 Å². The van der Waals surface area contributed by atoms with Gasteiger partial charge in [0.15, 0.2) is 0 Å². The zero-order valence-electron chi connectivity index (χ0n) is 11.6. The van der Waals surface area contributed by atoms with Crippen LogP contribution in [0, 0.1) is 10.1 Å². The van der Waals surface area contributed by atoms with Crippen LogP contribution in [0.2, 0.25) is 0 Å². The van der Waals surface area contributed by atoms with Crippen LogP contribution in [0.3, 0.4) is 0 Å². The number of carbonyl (C=O) groups excluding carboxylic acids is 1. The normalized spacial score (nSPS) is 10.4. The summed E-state index contributed by atoms with van der Waals surface area (Å²) in [6.45, 7) is 0.0797. The number of hydrogen-bond donors (Lipinski definition) is 2. The summed E-state index contributed by atoms with van der Waals surface area (Å²) in [5.41, 5.74) is 3.69. The van der Waals surface area contributed by atoms with E-state index in [1.165, 1.54) is 18.3 Å². The lowest BCUT2D eigenvalue weighted by molar-refractivity contribution is -0.384. The number of nitro groups is 1. The van der Waals surface area contributed by atoms with E-state index >= 15 is 0 Å². The Morgan fingerprint density at radius 2 is 1.95 bits per heavy atom. The van der Waals surface area contributed by atoms with E-state index in [1.54, 1.807) is 12.1 Å². The number of nitrogens with one attached hydrogen (secondary N) is 2. The molecule has 1 amide bonds. The highest BCUT2D eigenvalue weighted by atomic mass is 16.6. The van der Waals surface area contributed by atoms with Crippen molar-refractivity contribution in [3.05, 3.63) is 70.3 Å². The number of amides is 1. The van der Waals surface area contributed by atoms with Gasteiger partial charge in [-0.15, -0.1) is 0 Å². The molecule has 0 fully saturated rings. The van der Waals surface area contributed by atoms with Crippen LogP contribution in [0.25, 0.3) is 0 Å². The zero-order chi connectivity index (χ0) is 15.8. The van der Waals surface area contributed by atoms with E-state index in [0.717, 1.165) is 5.69 Å². The van der Waals surface area contributed by atoms with Gasteiger partial charge >= 0.3 is 0 Å². The Labute approximate surface area is 126 Å². The van der Waals surface area contributed by atoms with Gasteiger partial charge in [-0.05, 0) is 12.1 Å². The van der Waals surface area contributed by atoms with E-state index in [4.69, 9.17) is 0 Å². The lowest BCUT2D eigenvalue weighted by Gasteiger charge is -2.04. The smallest absolute Gasteiger partial charge is 0.270 e. The van der Waals surface area contributed by atoms with Gasteiger partial charge < -0.3 is 5.32 Å². The number of anilines is 1. The molecule has 2 aromatic carbocycles. The fraction of sp³-hybridized carbons (Fsp3) is 0.0667. The molecule has 0 aliphatic heterocycles. The second-order valence-electron chi connectivity index (χ2n) is 4.36. The molecule has 2 rings (SSSR count). The molecule has 2 aromatic rings. The van der Waals surface area contributed by atoms with Crippen molar-refractivity contribution in [3.8, 4) is 0 Å². The van der Waals surface area contributed by atoms with Gasteiger partial charge in [-0.1, -0.05) is 30.3 Å². The van der Waals surface area contributed by atoms with Crippen molar-refractivity contribution < 1.29 is 9.72 Å². The number of para-hydroxylation sites is 1. The first-order valence-electron chi connectivity index (χ1n) is 6.50. The van der Waals surface area contributed by atoms with E-state index in [0.29, 0.717) is 5.56 Å². The fourth-order valence-electron chi connectivity index (χ4n) is 1.68. The Hall–Kier alpha value is -3.22. The Morgan fingerprint density at radius 3 is 2.68 bits per heavy atom. The predicted octanol–water partition coefficient (Wildman–Crippen LogP) is 2.16. The summed E-state index contributed by atoms with van der Waals surface area (Å²) in [5.74, 6) is -0.314. The third-order valence-corrected chi connectivity index (χ3v) is 2.71. The third kappa shape index (κ3) is 4.71. The van der Waals surface area contributed by atoms with E-state index in [2.05, 4.69) is 15.8 Å². The van der Waals surface area contributed by atoms with Crippen molar-refractivity contribution in [2.45, 2.75) is 0 Å². The molecule has 22 heavy (non-hydrogen) atoms. The predicted molar refractivity (Wildman–Crippen MR) is 83.8 cm³/mol. The van der Waals surface area contributed by atoms with Gasteiger partial charge in [0.2, 0.25) is 0 Å². The number of rotatable bonds is 6. The van der Waals surface area contributed by atoms with Crippen molar-refractivity contribution in [1.82, 2.24) is 5.43 Å². The summed E-state index contributed by atoms with van der Waals surface area (Å²) in [5, 5.41) is 17.3. The summed E-state index contributed by atoms with van der Waals surface area (Å²) in [4.78, 5) is 21.7. The number of nitrogens with zero attached hydrogens (tertiary/aromatic N) is 2. The molecule has 0 unspecified atom stereocenters. The molecule has 7 heteroatoms. The molecule has 0 spiro atoms. The quantitative estimate of drug-likeness (QED) is 0.485. The maximum absolute atomic E-state index is 11.6. The van der Waals surface area contributed by atoms with Crippen molar-refractivity contribution in [1.29, 1.82) is 0 Å². The van der Waals surface area contributed by atoms with E-state index < -0.39 is 4.92 Å². The van der Waals surface area contributed by atoms with E-state index in [9.17, 15) is 14.9 Å². The van der Waals surface area contributed by atoms with Gasteiger partial charge in [0, 0.05) is 23.4 Å². The summed E-state index contributed by atoms with van der Waals surface area (Å²) >= 11 is 0. The number of nitro benzene ring substituents is 1. The van der Waals surface area contributed by atoms with Crippen LogP contribution in [0.15, 0.2) is 59.7 Å². The highest BCUT2D eigenvalue weighted by Gasteiger charge is 2.04. The van der Waals surface area contributed by atoms with Crippen LogP contribution >= 0.6 is 0 Å². The van der Waals surface area contributed by atoms with Crippen LogP contribution in [0.5, 0.6) is 0 Å². The molecule has 7 nitrogen and oxygen atoms in total. The van der Waals surface area contributed by atoms with Crippen LogP contribution < -0.4 is 10.7 Å². The minimum absolute atomic E-state index is 0.0268. The van der Waals surface area contributed by atoms with Crippen LogP contribution in [-0.4, -0.2) is 23.6 Å². The minimum Gasteiger partial charge on any atom is -0.376 e. The van der Waals surface area contributed by atoms with Crippen molar-refractivity contribution in [3.63, 3.8) is 0 Å². The molecular formula is C15H14N4O3. The summed E-state index contributed by atoms with van der Waals surface area (Å²) in [7, 11) is 0. The molecule has 0 radical (unpaired) electrons. The molecule has 0 aliphatic rings. The molecule has 112 valence electrons. The highest BCUT2D eigenvalue weighted by Crippen LogP contribution is 2.11. The van der Waals surface area contributed by atoms with Crippen molar-refractivity contribution >= 4 is 23.5 Å². The van der Waals surface area contributed by atoms with Gasteiger partial charge in [0.25, 0.3) is 11.6 Å². The topological polar surface area (TPSA) is 96.6 Å².